The molecule has 0 aromatic heterocycles. The Balaban J connectivity index is -0.000000618. The first-order valence-corrected chi connectivity index (χ1v) is 13.9. The van der Waals surface area contributed by atoms with Crippen LogP contribution in [0, 0.1) is 24.4 Å². The highest BCUT2D eigenvalue weighted by molar-refractivity contribution is 5.86. The van der Waals surface area contributed by atoms with Crippen molar-refractivity contribution in [2.45, 2.75) is 74.8 Å². The monoisotopic (exact) mass is 601 g/mol. The molecule has 2 aromatic rings. The number of hydrazine groups is 1. The Morgan fingerprint density at radius 2 is 1.52 bits per heavy atom. The van der Waals surface area contributed by atoms with Gasteiger partial charge in [-0.1, -0.05) is 47.6 Å². The summed E-state index contributed by atoms with van der Waals surface area (Å²) >= 11 is 0. The van der Waals surface area contributed by atoms with Gasteiger partial charge in [0.2, 0.25) is 0 Å². The highest BCUT2D eigenvalue weighted by Gasteiger charge is 2.19. The molecule has 0 aliphatic carbocycles. The molecule has 0 spiro atoms. The molecule has 0 unspecified atom stereocenters. The van der Waals surface area contributed by atoms with Gasteiger partial charge in [0.1, 0.15) is 11.4 Å². The maximum atomic E-state index is 13.6. The number of amides is 3. The standard InChI is InChI=1S/C14H10F3NO.C10H22N4O3.3C2H6/c1-8-2-5-12(11(16)6-8)18-14-9(7-19)3-4-10(15)13(14)17;1-10(2,3)17-9(16)14(5)7-6-12-8(15)13-11-4;3*1-2/h2-7,18H,1H3;11H,6-7H2,1-5H3,(H2,12,13,15);3*1-2H3. The minimum absolute atomic E-state index is 0.0294. The first kappa shape index (κ1) is 42.7. The van der Waals surface area contributed by atoms with E-state index in [1.807, 2.05) is 41.5 Å². The maximum Gasteiger partial charge on any atom is 0.410 e. The Hall–Kier alpha value is -3.80. The number of urea groups is 1. The van der Waals surface area contributed by atoms with Crippen LogP contribution < -0.4 is 21.5 Å². The van der Waals surface area contributed by atoms with Gasteiger partial charge in [-0.2, -0.15) is 0 Å². The second-order valence-corrected chi connectivity index (χ2v) is 8.58. The van der Waals surface area contributed by atoms with Crippen LogP contribution in [0.25, 0.3) is 0 Å². The molecule has 9 nitrogen and oxygen atoms in total. The lowest BCUT2D eigenvalue weighted by atomic mass is 10.1. The molecule has 240 valence electrons. The van der Waals surface area contributed by atoms with Crippen LogP contribution in [0.5, 0.6) is 0 Å². The lowest BCUT2D eigenvalue weighted by molar-refractivity contribution is 0.0301. The Morgan fingerprint density at radius 3 is 2.00 bits per heavy atom. The number of benzene rings is 2. The Labute approximate surface area is 249 Å². The lowest BCUT2D eigenvalue weighted by Gasteiger charge is -2.24. The number of aryl methyl sites for hydroxylation is 1. The number of carbonyl (C=O) groups excluding carboxylic acids is 3. The molecule has 4 N–H and O–H groups in total. The number of rotatable bonds is 7. The third-order valence-corrected chi connectivity index (χ3v) is 4.31. The molecular formula is C30H50F3N5O4. The fourth-order valence-corrected chi connectivity index (χ4v) is 2.57. The molecule has 2 aromatic carbocycles. The first-order chi connectivity index (χ1) is 19.8. The molecule has 0 saturated carbocycles. The summed E-state index contributed by atoms with van der Waals surface area (Å²) in [6.45, 7) is 19.8. The van der Waals surface area contributed by atoms with Gasteiger partial charge >= 0.3 is 12.1 Å². The van der Waals surface area contributed by atoms with Crippen molar-refractivity contribution in [2.24, 2.45) is 0 Å². The Kier molecular flexibility index (Phi) is 24.2. The van der Waals surface area contributed by atoms with Crippen LogP contribution in [-0.2, 0) is 4.74 Å². The number of ether oxygens (including phenoxy) is 1. The quantitative estimate of drug-likeness (QED) is 0.195. The summed E-state index contributed by atoms with van der Waals surface area (Å²) in [5, 5.41) is 4.98. The van der Waals surface area contributed by atoms with Gasteiger partial charge in [-0.3, -0.25) is 10.2 Å². The average molecular weight is 602 g/mol. The number of aldehydes is 1. The molecule has 42 heavy (non-hydrogen) atoms. The van der Waals surface area contributed by atoms with Crippen LogP contribution >= 0.6 is 0 Å². The van der Waals surface area contributed by atoms with E-state index in [-0.39, 0.29) is 23.0 Å². The van der Waals surface area contributed by atoms with Crippen molar-refractivity contribution in [1.82, 2.24) is 21.1 Å². The van der Waals surface area contributed by atoms with Gasteiger partial charge in [0.25, 0.3) is 0 Å². The lowest BCUT2D eigenvalue weighted by Crippen LogP contribution is -2.45. The van der Waals surface area contributed by atoms with Gasteiger partial charge in [-0.25, -0.2) is 28.2 Å². The van der Waals surface area contributed by atoms with E-state index in [0.717, 1.165) is 12.1 Å². The van der Waals surface area contributed by atoms with Gasteiger partial charge in [0.15, 0.2) is 17.9 Å². The highest BCUT2D eigenvalue weighted by Crippen LogP contribution is 2.27. The van der Waals surface area contributed by atoms with Crippen molar-refractivity contribution in [3.8, 4) is 0 Å². The fraction of sp³-hybridized carbons (Fsp3) is 0.500. The van der Waals surface area contributed by atoms with E-state index in [1.165, 1.54) is 17.0 Å². The van der Waals surface area contributed by atoms with E-state index < -0.39 is 29.1 Å². The Bertz CT molecular complexity index is 1060. The van der Waals surface area contributed by atoms with Gasteiger partial charge in [0, 0.05) is 32.7 Å². The second-order valence-electron chi connectivity index (χ2n) is 8.58. The van der Waals surface area contributed by atoms with Crippen LogP contribution in [0.4, 0.5) is 34.1 Å². The first-order valence-electron chi connectivity index (χ1n) is 13.9. The molecular weight excluding hydrogens is 551 g/mol. The van der Waals surface area contributed by atoms with Gasteiger partial charge in [0.05, 0.1) is 11.4 Å². The number of nitrogens with zero attached hydrogens (tertiary/aromatic N) is 1. The SMILES string of the molecule is CC.CC.CC.CNNC(=O)NCCN(C)C(=O)OC(C)(C)C.Cc1ccc(Nc2c(C=O)ccc(F)c2F)c(F)c1. The summed E-state index contributed by atoms with van der Waals surface area (Å²) in [5.74, 6) is -2.94. The average Bonchev–Trinajstić information content (AvgIpc) is 2.95. The topological polar surface area (TPSA) is 112 Å². The van der Waals surface area contributed by atoms with Crippen molar-refractivity contribution in [1.29, 1.82) is 0 Å². The molecule has 0 fully saturated rings. The summed E-state index contributed by atoms with van der Waals surface area (Å²) in [7, 11) is 3.21. The zero-order valence-corrected chi connectivity index (χ0v) is 27.1. The van der Waals surface area contributed by atoms with Crippen LogP contribution in [0.3, 0.4) is 0 Å². The number of nitrogens with one attached hydrogen (secondary N) is 4. The summed E-state index contributed by atoms with van der Waals surface area (Å²) in [5.41, 5.74) is 4.53. The van der Waals surface area contributed by atoms with Crippen molar-refractivity contribution in [3.63, 3.8) is 0 Å². The molecule has 0 saturated heterocycles. The number of anilines is 2. The van der Waals surface area contributed by atoms with Gasteiger partial charge in [-0.05, 0) is 57.5 Å². The minimum atomic E-state index is -1.22. The minimum Gasteiger partial charge on any atom is -0.444 e. The second kappa shape index (κ2) is 23.9. The maximum absolute atomic E-state index is 13.6. The number of halogens is 3. The van der Waals surface area contributed by atoms with Crippen molar-refractivity contribution in [2.75, 3.05) is 32.5 Å². The van der Waals surface area contributed by atoms with Crippen LogP contribution in [0.15, 0.2) is 30.3 Å². The summed E-state index contributed by atoms with van der Waals surface area (Å²) < 4.78 is 45.6. The molecule has 0 radical (unpaired) electrons. The van der Waals surface area contributed by atoms with Crippen LogP contribution in [0.2, 0.25) is 0 Å². The molecule has 3 amide bonds. The van der Waals surface area contributed by atoms with Gasteiger partial charge < -0.3 is 20.3 Å². The largest absolute Gasteiger partial charge is 0.444 e. The highest BCUT2D eigenvalue weighted by atomic mass is 19.2. The number of carbonyl (C=O) groups is 3. The van der Waals surface area contributed by atoms with Crippen LogP contribution in [-0.4, -0.2) is 56.1 Å². The zero-order chi connectivity index (χ0) is 33.5. The third-order valence-electron chi connectivity index (χ3n) is 4.31. The smallest absolute Gasteiger partial charge is 0.410 e. The van der Waals surface area contributed by atoms with E-state index >= 15 is 0 Å². The molecule has 2 rings (SSSR count). The van der Waals surface area contributed by atoms with E-state index in [9.17, 15) is 27.6 Å². The number of hydrogen-bond donors (Lipinski definition) is 4. The summed E-state index contributed by atoms with van der Waals surface area (Å²) in [4.78, 5) is 34.7. The molecule has 0 atom stereocenters. The normalized spacial score (nSPS) is 9.40. The molecule has 12 heteroatoms. The number of likely N-dealkylation sites (N-methyl/N-ethyl adjacent to an activating group) is 1. The molecule has 0 aliphatic heterocycles. The van der Waals surface area contributed by atoms with Gasteiger partial charge in [-0.15, -0.1) is 0 Å². The van der Waals surface area contributed by atoms with Crippen molar-refractivity contribution < 1.29 is 32.3 Å². The Morgan fingerprint density at radius 1 is 0.952 bits per heavy atom. The van der Waals surface area contributed by atoms with E-state index in [2.05, 4.69) is 21.5 Å². The summed E-state index contributed by atoms with van der Waals surface area (Å²) in [6, 6.07) is 5.88. The molecule has 0 bridgehead atoms. The van der Waals surface area contributed by atoms with Crippen molar-refractivity contribution >= 4 is 29.8 Å². The van der Waals surface area contributed by atoms with E-state index in [1.54, 1.807) is 47.9 Å². The summed E-state index contributed by atoms with van der Waals surface area (Å²) in [6.07, 6.45) is -0.0370. The third kappa shape index (κ3) is 17.8. The van der Waals surface area contributed by atoms with Crippen molar-refractivity contribution in [3.05, 3.63) is 58.9 Å². The number of hydrogen-bond acceptors (Lipinski definition) is 6. The molecule has 0 heterocycles. The van der Waals surface area contributed by atoms with E-state index in [0.29, 0.717) is 24.9 Å². The predicted molar refractivity (Wildman–Crippen MR) is 165 cm³/mol. The zero-order valence-electron chi connectivity index (χ0n) is 27.1. The van der Waals surface area contributed by atoms with E-state index in [4.69, 9.17) is 4.74 Å². The fourth-order valence-electron chi connectivity index (χ4n) is 2.57. The van der Waals surface area contributed by atoms with Crippen LogP contribution in [0.1, 0.15) is 78.2 Å². The molecule has 0 aliphatic rings. The predicted octanol–water partition coefficient (Wildman–Crippen LogP) is 7.33.